The van der Waals surface area contributed by atoms with Crippen LogP contribution in [0, 0.1) is 11.3 Å². The Bertz CT molecular complexity index is 452. The first-order chi connectivity index (χ1) is 10.0. The summed E-state index contributed by atoms with van der Waals surface area (Å²) >= 11 is 0. The number of nitrogens with two attached hydrogens (primary N) is 1. The second-order valence-electron chi connectivity index (χ2n) is 6.56. The first-order valence-corrected chi connectivity index (χ1v) is 7.72. The molecule has 2 atom stereocenters. The zero-order valence-corrected chi connectivity index (χ0v) is 13.6. The van der Waals surface area contributed by atoms with Crippen molar-refractivity contribution in [2.75, 3.05) is 14.2 Å². The second kappa shape index (κ2) is 6.67. The Morgan fingerprint density at radius 3 is 2.29 bits per heavy atom. The van der Waals surface area contributed by atoms with Gasteiger partial charge in [0.05, 0.1) is 25.8 Å². The molecule has 1 fully saturated rings. The molecule has 4 nitrogen and oxygen atoms in total. The van der Waals surface area contributed by atoms with Crippen LogP contribution in [-0.4, -0.2) is 14.2 Å². The molecule has 0 spiro atoms. The van der Waals surface area contributed by atoms with E-state index in [1.165, 1.54) is 25.7 Å². The van der Waals surface area contributed by atoms with Gasteiger partial charge in [0.2, 0.25) is 0 Å². The van der Waals surface area contributed by atoms with Crippen molar-refractivity contribution in [1.82, 2.24) is 5.43 Å². The number of benzene rings is 1. The Morgan fingerprint density at radius 1 is 1.19 bits per heavy atom. The maximum absolute atomic E-state index is 5.94. The molecule has 1 saturated carbocycles. The van der Waals surface area contributed by atoms with Gasteiger partial charge in [0.15, 0.2) is 0 Å². The highest BCUT2D eigenvalue weighted by molar-refractivity contribution is 5.47. The van der Waals surface area contributed by atoms with Crippen LogP contribution in [0.3, 0.4) is 0 Å². The predicted molar refractivity (Wildman–Crippen MR) is 85.3 cm³/mol. The van der Waals surface area contributed by atoms with Crippen molar-refractivity contribution in [3.8, 4) is 11.5 Å². The average molecular weight is 292 g/mol. The van der Waals surface area contributed by atoms with Crippen LogP contribution in [0.2, 0.25) is 0 Å². The summed E-state index contributed by atoms with van der Waals surface area (Å²) < 4.78 is 11.1. The normalized spacial score (nSPS) is 22.6. The monoisotopic (exact) mass is 292 g/mol. The molecule has 0 amide bonds. The van der Waals surface area contributed by atoms with E-state index in [-0.39, 0.29) is 11.5 Å². The minimum absolute atomic E-state index is 0.0337. The summed E-state index contributed by atoms with van der Waals surface area (Å²) in [5.41, 5.74) is 4.32. The van der Waals surface area contributed by atoms with Gasteiger partial charge < -0.3 is 9.47 Å². The van der Waals surface area contributed by atoms with Crippen molar-refractivity contribution < 1.29 is 9.47 Å². The lowest BCUT2D eigenvalue weighted by Gasteiger charge is -2.43. The fraction of sp³-hybridized carbons (Fsp3) is 0.647. The van der Waals surface area contributed by atoms with E-state index in [1.807, 2.05) is 18.2 Å². The zero-order valence-electron chi connectivity index (χ0n) is 13.6. The Kier molecular flexibility index (Phi) is 5.12. The topological polar surface area (TPSA) is 56.5 Å². The lowest BCUT2D eigenvalue weighted by molar-refractivity contribution is 0.0960. The van der Waals surface area contributed by atoms with E-state index < -0.39 is 0 Å². The number of methoxy groups -OCH3 is 2. The SMILES string of the molecule is COc1cccc(OC)c1C(NN)C1CCCCC1(C)C. The third-order valence-electron chi connectivity index (χ3n) is 4.95. The van der Waals surface area contributed by atoms with Crippen LogP contribution in [0.4, 0.5) is 0 Å². The molecule has 21 heavy (non-hydrogen) atoms. The fourth-order valence-corrected chi connectivity index (χ4v) is 3.73. The Labute approximate surface area is 128 Å². The second-order valence-corrected chi connectivity index (χ2v) is 6.56. The smallest absolute Gasteiger partial charge is 0.127 e. The van der Waals surface area contributed by atoms with Crippen molar-refractivity contribution >= 4 is 0 Å². The van der Waals surface area contributed by atoms with E-state index in [2.05, 4.69) is 19.3 Å². The third kappa shape index (κ3) is 3.16. The molecule has 0 heterocycles. The highest BCUT2D eigenvalue weighted by Gasteiger charge is 2.39. The van der Waals surface area contributed by atoms with Crippen LogP contribution >= 0.6 is 0 Å². The van der Waals surface area contributed by atoms with Gasteiger partial charge in [-0.2, -0.15) is 0 Å². The number of rotatable bonds is 5. The molecule has 1 aliphatic carbocycles. The summed E-state index contributed by atoms with van der Waals surface area (Å²) in [6, 6.07) is 5.92. The van der Waals surface area contributed by atoms with Gasteiger partial charge in [-0.3, -0.25) is 11.3 Å². The number of ether oxygens (including phenoxy) is 2. The van der Waals surface area contributed by atoms with Gasteiger partial charge in [0.25, 0.3) is 0 Å². The minimum Gasteiger partial charge on any atom is -0.496 e. The zero-order chi connectivity index (χ0) is 15.5. The highest BCUT2D eigenvalue weighted by Crippen LogP contribution is 2.49. The van der Waals surface area contributed by atoms with Crippen LogP contribution in [-0.2, 0) is 0 Å². The minimum atomic E-state index is 0.0337. The quantitative estimate of drug-likeness (QED) is 0.645. The highest BCUT2D eigenvalue weighted by atomic mass is 16.5. The lowest BCUT2D eigenvalue weighted by Crippen LogP contribution is -2.42. The number of nitrogens with one attached hydrogen (secondary N) is 1. The molecule has 1 aromatic rings. The van der Waals surface area contributed by atoms with Gasteiger partial charge in [-0.25, -0.2) is 0 Å². The summed E-state index contributed by atoms with van der Waals surface area (Å²) in [7, 11) is 3.38. The maximum atomic E-state index is 5.94. The van der Waals surface area contributed by atoms with Crippen LogP contribution in [0.5, 0.6) is 11.5 Å². The van der Waals surface area contributed by atoms with Crippen molar-refractivity contribution in [2.24, 2.45) is 17.2 Å². The molecule has 0 bridgehead atoms. The molecule has 0 aromatic heterocycles. The van der Waals surface area contributed by atoms with Crippen molar-refractivity contribution in [2.45, 2.75) is 45.6 Å². The molecule has 2 rings (SSSR count). The van der Waals surface area contributed by atoms with E-state index in [0.29, 0.717) is 5.92 Å². The summed E-state index contributed by atoms with van der Waals surface area (Å²) in [6.07, 6.45) is 4.95. The predicted octanol–water partition coefficient (Wildman–Crippen LogP) is 3.42. The van der Waals surface area contributed by atoms with E-state index >= 15 is 0 Å². The van der Waals surface area contributed by atoms with Crippen LogP contribution in [0.1, 0.15) is 51.1 Å². The van der Waals surface area contributed by atoms with E-state index in [0.717, 1.165) is 17.1 Å². The average Bonchev–Trinajstić information content (AvgIpc) is 2.49. The Balaban J connectivity index is 2.45. The van der Waals surface area contributed by atoms with Crippen molar-refractivity contribution in [3.05, 3.63) is 23.8 Å². The maximum Gasteiger partial charge on any atom is 0.127 e. The van der Waals surface area contributed by atoms with Crippen LogP contribution in [0.25, 0.3) is 0 Å². The van der Waals surface area contributed by atoms with Crippen LogP contribution < -0.4 is 20.7 Å². The largest absolute Gasteiger partial charge is 0.496 e. The number of hydrogen-bond acceptors (Lipinski definition) is 4. The molecule has 1 aromatic carbocycles. The molecule has 0 radical (unpaired) electrons. The summed E-state index contributed by atoms with van der Waals surface area (Å²) in [5, 5.41) is 0. The Hall–Kier alpha value is -1.26. The van der Waals surface area contributed by atoms with Gasteiger partial charge in [-0.05, 0) is 36.3 Å². The van der Waals surface area contributed by atoms with Crippen LogP contribution in [0.15, 0.2) is 18.2 Å². The molecule has 0 aliphatic heterocycles. The molecule has 118 valence electrons. The molecular weight excluding hydrogens is 264 g/mol. The molecule has 3 N–H and O–H groups in total. The fourth-order valence-electron chi connectivity index (χ4n) is 3.73. The van der Waals surface area contributed by atoms with Gasteiger partial charge in [-0.15, -0.1) is 0 Å². The first kappa shape index (κ1) is 16.1. The molecular formula is C17H28N2O2. The Morgan fingerprint density at radius 2 is 1.81 bits per heavy atom. The number of hydrogen-bond donors (Lipinski definition) is 2. The lowest BCUT2D eigenvalue weighted by atomic mass is 9.64. The van der Waals surface area contributed by atoms with Gasteiger partial charge >= 0.3 is 0 Å². The molecule has 4 heteroatoms. The van der Waals surface area contributed by atoms with Crippen molar-refractivity contribution in [3.63, 3.8) is 0 Å². The van der Waals surface area contributed by atoms with Gasteiger partial charge in [-0.1, -0.05) is 32.8 Å². The van der Waals surface area contributed by atoms with E-state index in [9.17, 15) is 0 Å². The summed E-state index contributed by atoms with van der Waals surface area (Å²) in [5.74, 6) is 8.07. The van der Waals surface area contributed by atoms with E-state index in [4.69, 9.17) is 15.3 Å². The first-order valence-electron chi connectivity index (χ1n) is 7.72. The summed E-state index contributed by atoms with van der Waals surface area (Å²) in [4.78, 5) is 0. The molecule has 2 unspecified atom stereocenters. The van der Waals surface area contributed by atoms with Crippen molar-refractivity contribution in [1.29, 1.82) is 0 Å². The summed E-state index contributed by atoms with van der Waals surface area (Å²) in [6.45, 7) is 4.67. The number of hydrazine groups is 1. The third-order valence-corrected chi connectivity index (χ3v) is 4.95. The molecule has 0 saturated heterocycles. The van der Waals surface area contributed by atoms with E-state index in [1.54, 1.807) is 14.2 Å². The van der Waals surface area contributed by atoms with Gasteiger partial charge in [0.1, 0.15) is 11.5 Å². The standard InChI is InChI=1S/C17H28N2O2/c1-17(2)11-6-5-8-12(17)16(19-18)15-13(20-3)9-7-10-14(15)21-4/h7,9-10,12,16,19H,5-6,8,11,18H2,1-4H3. The van der Waals surface area contributed by atoms with Gasteiger partial charge in [0, 0.05) is 0 Å². The molecule has 1 aliphatic rings.